The van der Waals surface area contributed by atoms with Crippen LogP contribution in [0, 0.1) is 0 Å². The minimum absolute atomic E-state index is 0.0259. The van der Waals surface area contributed by atoms with Crippen molar-refractivity contribution in [2.45, 2.75) is 23.9 Å². The molecule has 0 aliphatic carbocycles. The highest BCUT2D eigenvalue weighted by Gasteiger charge is 2.51. The van der Waals surface area contributed by atoms with E-state index in [1.165, 1.54) is 37.4 Å². The van der Waals surface area contributed by atoms with Gasteiger partial charge in [-0.2, -0.15) is 21.6 Å². The molecule has 0 bridgehead atoms. The van der Waals surface area contributed by atoms with Crippen molar-refractivity contribution in [1.29, 1.82) is 0 Å². The first-order valence-corrected chi connectivity index (χ1v) is 14.1. The minimum Gasteiger partial charge on any atom is -0.497 e. The van der Waals surface area contributed by atoms with Crippen LogP contribution < -0.4 is 9.47 Å². The summed E-state index contributed by atoms with van der Waals surface area (Å²) in [6.45, 7) is 0.149. The second kappa shape index (κ2) is 12.1. The third-order valence-corrected chi connectivity index (χ3v) is 7.92. The van der Waals surface area contributed by atoms with Gasteiger partial charge in [-0.25, -0.2) is 22.3 Å². The Morgan fingerprint density at radius 2 is 1.73 bits per heavy atom. The molecule has 41 heavy (non-hydrogen) atoms. The average molecular weight is 626 g/mol. The van der Waals surface area contributed by atoms with Crippen molar-refractivity contribution in [3.8, 4) is 11.5 Å². The molecule has 0 saturated heterocycles. The molecule has 224 valence electrons. The summed E-state index contributed by atoms with van der Waals surface area (Å²) in [4.78, 5) is 23.3. The van der Waals surface area contributed by atoms with Crippen LogP contribution >= 0.6 is 0 Å². The number of nitrogens with zero attached hydrogens (tertiary/aromatic N) is 1. The molecule has 0 spiro atoms. The van der Waals surface area contributed by atoms with Gasteiger partial charge in [-0.05, 0) is 31.2 Å². The number of esters is 1. The predicted molar refractivity (Wildman–Crippen MR) is 131 cm³/mol. The molecule has 0 atom stereocenters. The van der Waals surface area contributed by atoms with Gasteiger partial charge in [0.15, 0.2) is 6.61 Å². The van der Waals surface area contributed by atoms with Gasteiger partial charge in [-0.3, -0.25) is 0 Å². The van der Waals surface area contributed by atoms with Gasteiger partial charge in [0.05, 0.1) is 32.3 Å². The van der Waals surface area contributed by atoms with Crippen molar-refractivity contribution in [2.24, 2.45) is 0 Å². The number of carbonyl (C=O) groups excluding carboxylic acids is 2. The van der Waals surface area contributed by atoms with E-state index in [-0.39, 0.29) is 28.0 Å². The molecule has 1 heterocycles. The summed E-state index contributed by atoms with van der Waals surface area (Å²) in [5, 5.41) is 0. The van der Waals surface area contributed by atoms with Gasteiger partial charge in [0, 0.05) is 17.2 Å². The lowest BCUT2D eigenvalue weighted by Gasteiger charge is -2.32. The SMILES string of the molecule is CCOC(=O)COc1cc(OC)ccc1CN1C(OC(=O)OC)=C(OS(=O)(=O)C(F)(F)F)c2ccccc2S1(=O)=O. The smallest absolute Gasteiger partial charge is 0.497 e. The number of halogens is 3. The van der Waals surface area contributed by atoms with Crippen LogP contribution in [0.5, 0.6) is 11.5 Å². The molecule has 18 heteroatoms. The molecule has 2 aromatic rings. The Labute approximate surface area is 232 Å². The first kappa shape index (κ1) is 31.3. The van der Waals surface area contributed by atoms with E-state index in [2.05, 4.69) is 8.92 Å². The maximum absolute atomic E-state index is 13.7. The van der Waals surface area contributed by atoms with Crippen LogP contribution in [0.4, 0.5) is 18.0 Å². The molecule has 13 nitrogen and oxygen atoms in total. The molecule has 2 aromatic carbocycles. The van der Waals surface area contributed by atoms with E-state index in [1.54, 1.807) is 6.92 Å². The summed E-state index contributed by atoms with van der Waals surface area (Å²) >= 11 is 0. The molecule has 1 aliphatic heterocycles. The van der Waals surface area contributed by atoms with Gasteiger partial charge in [-0.15, -0.1) is 0 Å². The highest BCUT2D eigenvalue weighted by molar-refractivity contribution is 7.89. The second-order valence-electron chi connectivity index (χ2n) is 7.75. The first-order valence-electron chi connectivity index (χ1n) is 11.2. The topological polar surface area (TPSA) is 161 Å². The number of carbonyl (C=O) groups is 2. The fourth-order valence-electron chi connectivity index (χ4n) is 3.37. The lowest BCUT2D eigenvalue weighted by molar-refractivity contribution is -0.145. The molecule has 0 N–H and O–H groups in total. The summed E-state index contributed by atoms with van der Waals surface area (Å²) in [7, 11) is -9.04. The lowest BCUT2D eigenvalue weighted by Crippen LogP contribution is -2.38. The highest BCUT2D eigenvalue weighted by atomic mass is 32.2. The number of sulfonamides is 1. The molecule has 3 rings (SSSR count). The number of fused-ring (bicyclic) bond motifs is 1. The van der Waals surface area contributed by atoms with Gasteiger partial charge >= 0.3 is 27.8 Å². The zero-order valence-electron chi connectivity index (χ0n) is 21.5. The second-order valence-corrected chi connectivity index (χ2v) is 11.1. The summed E-state index contributed by atoms with van der Waals surface area (Å²) < 4.78 is 120. The van der Waals surface area contributed by atoms with Crippen molar-refractivity contribution in [3.63, 3.8) is 0 Å². The zero-order valence-corrected chi connectivity index (χ0v) is 23.1. The van der Waals surface area contributed by atoms with E-state index in [0.29, 0.717) is 0 Å². The van der Waals surface area contributed by atoms with Crippen molar-refractivity contribution in [1.82, 2.24) is 4.31 Å². The Morgan fingerprint density at radius 3 is 2.34 bits per heavy atom. The molecule has 0 fully saturated rings. The Balaban J connectivity index is 2.24. The van der Waals surface area contributed by atoms with E-state index < -0.39 is 73.0 Å². The van der Waals surface area contributed by atoms with Crippen molar-refractivity contribution in [3.05, 3.63) is 59.5 Å². The van der Waals surface area contributed by atoms with Crippen LogP contribution in [0.1, 0.15) is 18.1 Å². The van der Waals surface area contributed by atoms with E-state index in [0.717, 1.165) is 19.2 Å². The molecular weight excluding hydrogens is 603 g/mol. The number of rotatable bonds is 10. The number of ether oxygens (including phenoxy) is 5. The Bertz CT molecular complexity index is 1570. The minimum atomic E-state index is -6.39. The van der Waals surface area contributed by atoms with E-state index in [9.17, 15) is 39.6 Å². The lowest BCUT2D eigenvalue weighted by atomic mass is 10.1. The first-order chi connectivity index (χ1) is 19.2. The molecule has 0 unspecified atom stereocenters. The summed E-state index contributed by atoms with van der Waals surface area (Å²) in [5.41, 5.74) is -6.61. The van der Waals surface area contributed by atoms with Crippen LogP contribution in [0.25, 0.3) is 5.76 Å². The Hall–Kier alpha value is -4.19. The van der Waals surface area contributed by atoms with Crippen molar-refractivity contribution >= 4 is 38.0 Å². The highest BCUT2D eigenvalue weighted by Crippen LogP contribution is 2.42. The molecule has 1 aliphatic rings. The Morgan fingerprint density at radius 1 is 1.05 bits per heavy atom. The number of methoxy groups -OCH3 is 2. The number of alkyl halides is 3. The average Bonchev–Trinajstić information content (AvgIpc) is 2.91. The van der Waals surface area contributed by atoms with Gasteiger partial charge in [0.2, 0.25) is 5.76 Å². The van der Waals surface area contributed by atoms with E-state index in [4.69, 9.17) is 18.9 Å². The van der Waals surface area contributed by atoms with Crippen molar-refractivity contribution in [2.75, 3.05) is 27.4 Å². The monoisotopic (exact) mass is 625 g/mol. The van der Waals surface area contributed by atoms with Gasteiger partial charge in [-0.1, -0.05) is 12.1 Å². The molecular formula is C23H22F3NO12S2. The summed E-state index contributed by atoms with van der Waals surface area (Å²) in [6.07, 6.45) is -1.61. The van der Waals surface area contributed by atoms with Crippen LogP contribution in [0.3, 0.4) is 0 Å². The van der Waals surface area contributed by atoms with Gasteiger partial charge in [0.25, 0.3) is 15.9 Å². The third kappa shape index (κ3) is 6.76. The maximum Gasteiger partial charge on any atom is 0.534 e. The van der Waals surface area contributed by atoms with Crippen LogP contribution in [-0.2, 0) is 49.9 Å². The van der Waals surface area contributed by atoms with Crippen LogP contribution in [-0.4, -0.2) is 66.2 Å². The van der Waals surface area contributed by atoms with E-state index in [1.807, 2.05) is 0 Å². The quantitative estimate of drug-likeness (QED) is 0.216. The van der Waals surface area contributed by atoms with Crippen molar-refractivity contribution < 1.29 is 67.5 Å². The van der Waals surface area contributed by atoms with E-state index >= 15 is 0 Å². The van der Waals surface area contributed by atoms with Crippen LogP contribution in [0.15, 0.2) is 53.2 Å². The number of hydrogen-bond donors (Lipinski definition) is 0. The van der Waals surface area contributed by atoms with Gasteiger partial charge < -0.3 is 27.9 Å². The fraction of sp³-hybridized carbons (Fsp3) is 0.304. The number of hydrogen-bond acceptors (Lipinski definition) is 12. The Kier molecular flexibility index (Phi) is 9.27. The fourth-order valence-corrected chi connectivity index (χ4v) is 5.42. The largest absolute Gasteiger partial charge is 0.534 e. The standard InChI is InChI=1S/C23H22F3NO12S2/c1-4-36-19(28)13-37-17-11-15(34-2)10-9-14(17)12-27-21(38-22(29)35-3)20(39-41(32,33)23(24,25)26)16-7-5-6-8-18(16)40(27,30)31/h5-11H,4,12-13H2,1-3H3. The summed E-state index contributed by atoms with van der Waals surface area (Å²) in [6, 6.07) is 8.27. The molecule has 0 radical (unpaired) electrons. The zero-order chi connectivity index (χ0) is 30.6. The third-order valence-electron chi connectivity index (χ3n) is 5.18. The number of benzene rings is 2. The summed E-state index contributed by atoms with van der Waals surface area (Å²) in [5.74, 6) is -3.21. The van der Waals surface area contributed by atoms with Crippen LogP contribution in [0.2, 0.25) is 0 Å². The molecule has 0 amide bonds. The molecule has 0 saturated carbocycles. The normalized spacial score (nSPS) is 14.5. The maximum atomic E-state index is 13.7. The predicted octanol–water partition coefficient (Wildman–Crippen LogP) is 3.12. The molecule has 0 aromatic heterocycles. The van der Waals surface area contributed by atoms with Gasteiger partial charge in [0.1, 0.15) is 11.5 Å².